The second-order valence-electron chi connectivity index (χ2n) is 8.77. The van der Waals surface area contributed by atoms with E-state index in [2.05, 4.69) is 14.5 Å². The highest BCUT2D eigenvalue weighted by molar-refractivity contribution is 7.46. The van der Waals surface area contributed by atoms with Gasteiger partial charge in [0.05, 0.1) is 13.2 Å². The summed E-state index contributed by atoms with van der Waals surface area (Å²) in [6.45, 7) is -1.24. The van der Waals surface area contributed by atoms with Gasteiger partial charge in [-0.3, -0.25) is 32.8 Å². The van der Waals surface area contributed by atoms with Crippen LogP contribution in [0.15, 0.2) is 34.4 Å². The summed E-state index contributed by atoms with van der Waals surface area (Å²) in [4.78, 5) is 70.4. The highest BCUT2D eigenvalue weighted by atomic mass is 31.2. The fourth-order valence-corrected chi connectivity index (χ4v) is 4.31. The summed E-state index contributed by atoms with van der Waals surface area (Å²) in [5.74, 6) is -2.09. The fraction of sp³-hybridized carbons (Fsp3) is 0.565. The van der Waals surface area contributed by atoms with Gasteiger partial charge >= 0.3 is 7.82 Å². The number of phosphoric acid groups is 1. The van der Waals surface area contributed by atoms with Crippen molar-refractivity contribution in [2.75, 3.05) is 13.2 Å². The second-order valence-corrected chi connectivity index (χ2v) is 10.0. The minimum Gasteiger partial charge on any atom is -0.394 e. The molecule has 4 heterocycles. The molecule has 21 nitrogen and oxygen atoms in total. The zero-order valence-corrected chi connectivity index (χ0v) is 22.0. The molecule has 8 atom stereocenters. The van der Waals surface area contributed by atoms with Crippen molar-refractivity contribution in [2.24, 2.45) is 11.5 Å². The quantitative estimate of drug-likeness (QED) is 0.121. The van der Waals surface area contributed by atoms with Gasteiger partial charge in [0, 0.05) is 24.8 Å². The number of aromatic nitrogens is 4. The Morgan fingerprint density at radius 3 is 1.51 bits per heavy atom. The van der Waals surface area contributed by atoms with Gasteiger partial charge in [-0.25, -0.2) is 14.5 Å². The molecule has 22 heteroatoms. The minimum atomic E-state index is -4.80. The number of phosphoric ester groups is 1. The highest BCUT2D eigenvalue weighted by Crippen LogP contribution is 2.38. The lowest BCUT2D eigenvalue weighted by Crippen LogP contribution is -2.38. The van der Waals surface area contributed by atoms with Crippen molar-refractivity contribution in [3.63, 3.8) is 0 Å². The first kappa shape index (κ1) is 41.5. The SMILES string of the molecule is C.C.C.NC(=O)c1nccn([C@@H]2O[C@H](CO)[C@@H](O)[C@H]2O)c1=O.NC(=O)c1nccn([C@@H]2O[C@H](COP(=O)(O)O)[C@@H](O)[C@H]2O)c1=O. The number of hydrogen-bond donors (Lipinski definition) is 9. The Morgan fingerprint density at radius 1 is 0.800 bits per heavy atom. The van der Waals surface area contributed by atoms with Crippen LogP contribution in [-0.4, -0.2) is 116 Å². The Balaban J connectivity index is 0.000000818. The van der Waals surface area contributed by atoms with Crippen LogP contribution >= 0.6 is 7.82 Å². The van der Waals surface area contributed by atoms with E-state index in [9.17, 15) is 44.2 Å². The molecule has 2 aliphatic heterocycles. The number of carbonyl (C=O) groups excluding carboxylic acids is 2. The summed E-state index contributed by atoms with van der Waals surface area (Å²) in [5.41, 5.74) is 7.10. The largest absolute Gasteiger partial charge is 0.469 e. The number of ether oxygens (including phenoxy) is 2. The summed E-state index contributed by atoms with van der Waals surface area (Å²) >= 11 is 0. The Kier molecular flexibility index (Phi) is 15.4. The molecule has 2 aromatic rings. The van der Waals surface area contributed by atoms with Crippen LogP contribution in [0, 0.1) is 0 Å². The van der Waals surface area contributed by atoms with Gasteiger partial charge in [0.2, 0.25) is 0 Å². The van der Waals surface area contributed by atoms with Crippen LogP contribution in [0.4, 0.5) is 0 Å². The average Bonchev–Trinajstić information content (AvgIpc) is 3.37. The van der Waals surface area contributed by atoms with E-state index in [0.29, 0.717) is 0 Å². The number of primary amides is 2. The summed E-state index contributed by atoms with van der Waals surface area (Å²) in [6.07, 6.45) is -6.40. The van der Waals surface area contributed by atoms with Crippen molar-refractivity contribution < 1.29 is 63.5 Å². The van der Waals surface area contributed by atoms with Crippen LogP contribution in [0.25, 0.3) is 0 Å². The van der Waals surface area contributed by atoms with Crippen LogP contribution in [0.2, 0.25) is 0 Å². The van der Waals surface area contributed by atoms with E-state index >= 15 is 0 Å². The van der Waals surface area contributed by atoms with Crippen molar-refractivity contribution >= 4 is 19.6 Å². The molecule has 2 aliphatic rings. The molecular formula is C23H39N6O15P. The van der Waals surface area contributed by atoms with Gasteiger partial charge in [-0.15, -0.1) is 0 Å². The molecule has 0 radical (unpaired) electrons. The van der Waals surface area contributed by atoms with Crippen LogP contribution < -0.4 is 22.6 Å². The lowest BCUT2D eigenvalue weighted by atomic mass is 10.1. The number of amides is 2. The number of hydrogen-bond acceptors (Lipinski definition) is 15. The van der Waals surface area contributed by atoms with Gasteiger partial charge in [-0.05, 0) is 0 Å². The van der Waals surface area contributed by atoms with Gasteiger partial charge in [0.15, 0.2) is 23.8 Å². The molecule has 11 N–H and O–H groups in total. The number of aliphatic hydroxyl groups is 5. The molecule has 0 bridgehead atoms. The van der Waals surface area contributed by atoms with Gasteiger partial charge in [0.25, 0.3) is 22.9 Å². The Bertz CT molecular complexity index is 1460. The molecule has 2 aromatic heterocycles. The summed E-state index contributed by atoms with van der Waals surface area (Å²) in [5, 5.41) is 48.1. The molecule has 45 heavy (non-hydrogen) atoms. The number of rotatable bonds is 8. The molecule has 256 valence electrons. The van der Waals surface area contributed by atoms with Crippen molar-refractivity contribution in [3.8, 4) is 0 Å². The zero-order valence-electron chi connectivity index (χ0n) is 21.1. The molecule has 0 unspecified atom stereocenters. The minimum absolute atomic E-state index is 0. The third-order valence-corrected chi connectivity index (χ3v) is 6.50. The molecule has 4 rings (SSSR count). The standard InChI is InChI=1S/C10H14N3O9P.C10H13N3O6.3CH4/c11-8(16)5-9(17)13(2-1-12-5)10-7(15)6(14)4(22-10)3-21-23(18,19)20;11-8(17)5-9(18)13(2-1-12-5)10-7(16)6(15)4(3-14)19-10;;;/h1-2,4,6-7,10,14-15H,3H2,(H2,11,16)(H2,18,19,20);1-2,4,6-7,10,14-16H,3H2,(H2,11,17);3*1H4/t2*4-,6-,7-,10-;;;/m11.../s1. The zero-order chi connectivity index (χ0) is 31.5. The van der Waals surface area contributed by atoms with E-state index in [4.69, 9.17) is 35.8 Å². The molecule has 0 spiro atoms. The van der Waals surface area contributed by atoms with E-state index in [1.807, 2.05) is 0 Å². The van der Waals surface area contributed by atoms with Crippen molar-refractivity contribution in [1.82, 2.24) is 19.1 Å². The fourth-order valence-electron chi connectivity index (χ4n) is 3.97. The first-order chi connectivity index (χ1) is 19.6. The Labute approximate surface area is 255 Å². The van der Waals surface area contributed by atoms with Crippen molar-refractivity contribution in [2.45, 2.75) is 71.4 Å². The van der Waals surface area contributed by atoms with E-state index in [0.717, 1.165) is 27.7 Å². The predicted octanol–water partition coefficient (Wildman–Crippen LogP) is -4.07. The lowest BCUT2D eigenvalue weighted by molar-refractivity contribution is -0.0545. The maximum absolute atomic E-state index is 12.0. The number of nitrogens with zero attached hydrogens (tertiary/aromatic N) is 4. The smallest absolute Gasteiger partial charge is 0.394 e. The van der Waals surface area contributed by atoms with E-state index < -0.39 is 104 Å². The number of carbonyl (C=O) groups is 2. The first-order valence-corrected chi connectivity index (χ1v) is 13.2. The van der Waals surface area contributed by atoms with Crippen molar-refractivity contribution in [3.05, 3.63) is 56.9 Å². The van der Waals surface area contributed by atoms with Crippen LogP contribution in [-0.2, 0) is 18.6 Å². The maximum Gasteiger partial charge on any atom is 0.469 e. The molecule has 0 saturated carbocycles. The normalized spacial score (nSPS) is 27.2. The van der Waals surface area contributed by atoms with Gasteiger partial charge < -0.3 is 56.3 Å². The topological polar surface area (TPSA) is 342 Å². The molecule has 2 fully saturated rings. The van der Waals surface area contributed by atoms with Gasteiger partial charge in [-0.2, -0.15) is 0 Å². The summed E-state index contributed by atoms with van der Waals surface area (Å²) in [6, 6.07) is 0. The Hall–Kier alpha value is -3.47. The molecular weight excluding hydrogens is 631 g/mol. The van der Waals surface area contributed by atoms with Crippen LogP contribution in [0.1, 0.15) is 55.7 Å². The third kappa shape index (κ3) is 9.28. The molecule has 2 saturated heterocycles. The third-order valence-electron chi connectivity index (χ3n) is 6.01. The monoisotopic (exact) mass is 670 g/mol. The number of aliphatic hydroxyl groups excluding tert-OH is 5. The second kappa shape index (κ2) is 16.7. The molecule has 0 aliphatic carbocycles. The predicted molar refractivity (Wildman–Crippen MR) is 151 cm³/mol. The summed E-state index contributed by atoms with van der Waals surface area (Å²) < 4.78 is 26.9. The van der Waals surface area contributed by atoms with E-state index in [1.54, 1.807) is 0 Å². The van der Waals surface area contributed by atoms with Crippen molar-refractivity contribution in [1.29, 1.82) is 0 Å². The number of nitrogens with two attached hydrogens (primary N) is 2. The highest BCUT2D eigenvalue weighted by Gasteiger charge is 2.45. The first-order valence-electron chi connectivity index (χ1n) is 11.7. The maximum atomic E-state index is 12.0. The average molecular weight is 671 g/mol. The van der Waals surface area contributed by atoms with Gasteiger partial charge in [-0.1, -0.05) is 22.3 Å². The summed E-state index contributed by atoms with van der Waals surface area (Å²) in [7, 11) is -4.80. The van der Waals surface area contributed by atoms with E-state index in [1.165, 1.54) is 6.20 Å². The molecule has 2 amide bonds. The van der Waals surface area contributed by atoms with E-state index in [-0.39, 0.29) is 22.3 Å². The molecule has 0 aromatic carbocycles. The van der Waals surface area contributed by atoms with Crippen LogP contribution in [0.3, 0.4) is 0 Å². The lowest BCUT2D eigenvalue weighted by Gasteiger charge is -2.17. The van der Waals surface area contributed by atoms with Crippen LogP contribution in [0.5, 0.6) is 0 Å². The Morgan fingerprint density at radius 2 is 1.18 bits per heavy atom. The van der Waals surface area contributed by atoms with Gasteiger partial charge in [0.1, 0.15) is 36.6 Å².